The number of benzene rings is 2. The lowest BCUT2D eigenvalue weighted by Crippen LogP contribution is -2.26. The third-order valence-electron chi connectivity index (χ3n) is 3.47. The number of aryl methyl sites for hydroxylation is 1. The first-order valence-electron chi connectivity index (χ1n) is 6.98. The highest BCUT2D eigenvalue weighted by Crippen LogP contribution is 2.19. The minimum Gasteiger partial charge on any atom is -0.224 e. The van der Waals surface area contributed by atoms with E-state index in [9.17, 15) is 16.8 Å². The molecule has 0 bridgehead atoms. The lowest BCUT2D eigenvalue weighted by molar-refractivity contribution is 0.566. The van der Waals surface area contributed by atoms with Gasteiger partial charge in [-0.25, -0.2) is 21.6 Å². The molecule has 0 saturated carbocycles. The van der Waals surface area contributed by atoms with E-state index in [1.165, 1.54) is 12.1 Å². The number of hydrogen-bond acceptors (Lipinski definition) is 4. The van der Waals surface area contributed by atoms with Crippen LogP contribution in [0.5, 0.6) is 0 Å². The quantitative estimate of drug-likeness (QED) is 0.895. The fraction of sp³-hybridized carbons (Fsp3) is 0.250. The van der Waals surface area contributed by atoms with Crippen molar-refractivity contribution in [3.63, 3.8) is 0 Å². The Labute approximate surface area is 137 Å². The molecule has 0 aliphatic rings. The van der Waals surface area contributed by atoms with Crippen molar-refractivity contribution in [1.82, 2.24) is 4.72 Å². The summed E-state index contributed by atoms with van der Waals surface area (Å²) in [6.45, 7) is 3.59. The van der Waals surface area contributed by atoms with Gasteiger partial charge in [-0.2, -0.15) is 0 Å². The van der Waals surface area contributed by atoms with Crippen LogP contribution in [0.3, 0.4) is 0 Å². The molecule has 23 heavy (non-hydrogen) atoms. The van der Waals surface area contributed by atoms with Crippen molar-refractivity contribution in [2.45, 2.75) is 29.7 Å². The number of hydrogen-bond donors (Lipinski definition) is 1. The molecule has 0 aliphatic heterocycles. The van der Waals surface area contributed by atoms with Crippen molar-refractivity contribution in [3.05, 3.63) is 59.7 Å². The number of sulfonamides is 1. The van der Waals surface area contributed by atoms with E-state index < -0.39 is 25.9 Å². The smallest absolute Gasteiger partial charge is 0.224 e. The van der Waals surface area contributed by atoms with Gasteiger partial charge < -0.3 is 0 Å². The summed E-state index contributed by atoms with van der Waals surface area (Å²) in [6.07, 6.45) is 1.13. The van der Waals surface area contributed by atoms with Gasteiger partial charge in [0.1, 0.15) is 0 Å². The fourth-order valence-corrected chi connectivity index (χ4v) is 3.95. The fourth-order valence-electron chi connectivity index (χ4n) is 2.09. The third kappa shape index (κ3) is 4.40. The summed E-state index contributed by atoms with van der Waals surface area (Å²) in [5, 5.41) is 0. The topological polar surface area (TPSA) is 80.3 Å². The average molecular weight is 353 g/mol. The van der Waals surface area contributed by atoms with Gasteiger partial charge in [-0.15, -0.1) is 0 Å². The Morgan fingerprint density at radius 1 is 0.826 bits per heavy atom. The molecule has 2 rings (SSSR count). The van der Waals surface area contributed by atoms with Crippen LogP contribution in [-0.4, -0.2) is 23.1 Å². The van der Waals surface area contributed by atoms with Crippen LogP contribution in [0.15, 0.2) is 58.3 Å². The molecule has 0 aliphatic carbocycles. The van der Waals surface area contributed by atoms with E-state index in [-0.39, 0.29) is 9.79 Å². The van der Waals surface area contributed by atoms with Crippen molar-refractivity contribution in [2.75, 3.05) is 6.26 Å². The van der Waals surface area contributed by atoms with Crippen LogP contribution in [0.4, 0.5) is 0 Å². The Hall–Kier alpha value is -1.70. The van der Waals surface area contributed by atoms with E-state index in [0.717, 1.165) is 11.8 Å². The average Bonchev–Trinajstić information content (AvgIpc) is 2.46. The minimum atomic E-state index is -3.63. The molecule has 0 aromatic heterocycles. The summed E-state index contributed by atoms with van der Waals surface area (Å²) in [5.41, 5.74) is 1.67. The molecule has 0 fully saturated rings. The van der Waals surface area contributed by atoms with Gasteiger partial charge in [0.2, 0.25) is 10.0 Å². The third-order valence-corrected chi connectivity index (χ3v) is 6.16. The second-order valence-corrected chi connectivity index (χ2v) is 9.23. The summed E-state index contributed by atoms with van der Waals surface area (Å²) < 4.78 is 50.2. The normalized spacial score (nSPS) is 13.7. The van der Waals surface area contributed by atoms with Gasteiger partial charge in [-0.1, -0.05) is 29.8 Å². The standard InChI is InChI=1S/C16H19NO4S2/c1-12-4-8-16(9-5-12)23(20,21)17-13(2)14-6-10-15(11-7-14)22(3,18)19/h4-11,13,17H,1-3H3. The van der Waals surface area contributed by atoms with Crippen LogP contribution in [0.2, 0.25) is 0 Å². The second kappa shape index (κ2) is 6.43. The molecule has 0 spiro atoms. The molecule has 1 unspecified atom stereocenters. The van der Waals surface area contributed by atoms with Gasteiger partial charge in [-0.3, -0.25) is 0 Å². The molecule has 7 heteroatoms. The van der Waals surface area contributed by atoms with Gasteiger partial charge in [0.05, 0.1) is 9.79 Å². The maximum atomic E-state index is 12.3. The molecule has 5 nitrogen and oxygen atoms in total. The summed E-state index contributed by atoms with van der Waals surface area (Å²) in [6, 6.07) is 12.3. The number of nitrogens with one attached hydrogen (secondary N) is 1. The van der Waals surface area contributed by atoms with Gasteiger partial charge >= 0.3 is 0 Å². The van der Waals surface area contributed by atoms with Crippen LogP contribution >= 0.6 is 0 Å². The lowest BCUT2D eigenvalue weighted by atomic mass is 10.1. The summed E-state index contributed by atoms with van der Waals surface area (Å²) in [4.78, 5) is 0.401. The highest BCUT2D eigenvalue weighted by Gasteiger charge is 2.18. The van der Waals surface area contributed by atoms with E-state index in [1.54, 1.807) is 43.3 Å². The second-order valence-electron chi connectivity index (χ2n) is 5.50. The number of sulfone groups is 1. The van der Waals surface area contributed by atoms with E-state index in [2.05, 4.69) is 4.72 Å². The van der Waals surface area contributed by atoms with Crippen molar-refractivity contribution < 1.29 is 16.8 Å². The summed E-state index contributed by atoms with van der Waals surface area (Å²) >= 11 is 0. The summed E-state index contributed by atoms with van der Waals surface area (Å²) in [7, 11) is -6.90. The van der Waals surface area contributed by atoms with Gasteiger partial charge in [0, 0.05) is 12.3 Å². The van der Waals surface area contributed by atoms with Crippen molar-refractivity contribution in [3.8, 4) is 0 Å². The van der Waals surface area contributed by atoms with E-state index >= 15 is 0 Å². The maximum absolute atomic E-state index is 12.3. The Morgan fingerprint density at radius 2 is 1.30 bits per heavy atom. The van der Waals surface area contributed by atoms with Crippen LogP contribution in [0, 0.1) is 6.92 Å². The molecule has 0 heterocycles. The molecule has 124 valence electrons. The Balaban J connectivity index is 2.21. The Kier molecular flexibility index (Phi) is 4.93. The predicted molar refractivity (Wildman–Crippen MR) is 89.5 cm³/mol. The van der Waals surface area contributed by atoms with Gasteiger partial charge in [0.15, 0.2) is 9.84 Å². The molecule has 0 amide bonds. The van der Waals surface area contributed by atoms with Crippen molar-refractivity contribution >= 4 is 19.9 Å². The maximum Gasteiger partial charge on any atom is 0.241 e. The first-order valence-corrected chi connectivity index (χ1v) is 10.4. The largest absolute Gasteiger partial charge is 0.241 e. The first kappa shape index (κ1) is 17.7. The predicted octanol–water partition coefficient (Wildman–Crippen LogP) is 2.44. The highest BCUT2D eigenvalue weighted by molar-refractivity contribution is 7.90. The van der Waals surface area contributed by atoms with E-state index in [0.29, 0.717) is 5.56 Å². The first-order chi connectivity index (χ1) is 10.6. The Bertz CT molecular complexity index is 884. The van der Waals surface area contributed by atoms with Crippen molar-refractivity contribution in [1.29, 1.82) is 0 Å². The monoisotopic (exact) mass is 353 g/mol. The molecule has 0 saturated heterocycles. The van der Waals surface area contributed by atoms with Crippen LogP contribution in [-0.2, 0) is 19.9 Å². The molecule has 1 atom stereocenters. The molecule has 0 radical (unpaired) electrons. The van der Waals surface area contributed by atoms with Gasteiger partial charge in [-0.05, 0) is 43.7 Å². The Morgan fingerprint density at radius 3 is 1.78 bits per heavy atom. The molecule has 1 N–H and O–H groups in total. The SMILES string of the molecule is Cc1ccc(S(=O)(=O)NC(C)c2ccc(S(C)(=O)=O)cc2)cc1. The lowest BCUT2D eigenvalue weighted by Gasteiger charge is -2.15. The number of rotatable bonds is 5. The molecule has 2 aromatic rings. The zero-order chi connectivity index (χ0) is 17.3. The van der Waals surface area contributed by atoms with Gasteiger partial charge in [0.25, 0.3) is 0 Å². The minimum absolute atomic E-state index is 0.197. The zero-order valence-corrected chi connectivity index (χ0v) is 14.8. The van der Waals surface area contributed by atoms with Crippen LogP contribution < -0.4 is 4.72 Å². The molecular weight excluding hydrogens is 334 g/mol. The highest BCUT2D eigenvalue weighted by atomic mass is 32.2. The summed E-state index contributed by atoms with van der Waals surface area (Å²) in [5.74, 6) is 0. The van der Waals surface area contributed by atoms with Crippen LogP contribution in [0.25, 0.3) is 0 Å². The zero-order valence-electron chi connectivity index (χ0n) is 13.1. The van der Waals surface area contributed by atoms with Crippen LogP contribution in [0.1, 0.15) is 24.1 Å². The molecule has 2 aromatic carbocycles. The molecular formula is C16H19NO4S2. The van der Waals surface area contributed by atoms with E-state index in [4.69, 9.17) is 0 Å². The van der Waals surface area contributed by atoms with Crippen molar-refractivity contribution in [2.24, 2.45) is 0 Å². The van der Waals surface area contributed by atoms with E-state index in [1.807, 2.05) is 6.92 Å².